The minimum atomic E-state index is -4.73. The molecule has 0 aliphatic carbocycles. The molecule has 2 rings (SSSR count). The molecule has 0 aliphatic rings. The summed E-state index contributed by atoms with van der Waals surface area (Å²) >= 11 is 0. The highest BCUT2D eigenvalue weighted by atomic mass is 19.4. The monoisotopic (exact) mass is 327 g/mol. The Hall–Kier alpha value is -2.84. The fourth-order valence-electron chi connectivity index (χ4n) is 1.67. The van der Waals surface area contributed by atoms with Gasteiger partial charge in [-0.3, -0.25) is 4.79 Å². The van der Waals surface area contributed by atoms with Crippen molar-refractivity contribution >= 4 is 17.9 Å². The lowest BCUT2D eigenvalue weighted by Crippen LogP contribution is -2.17. The second-order valence-corrected chi connectivity index (χ2v) is 4.30. The molecule has 0 aliphatic heterocycles. The van der Waals surface area contributed by atoms with E-state index < -0.39 is 6.36 Å². The van der Waals surface area contributed by atoms with E-state index in [1.165, 1.54) is 36.7 Å². The molecule has 122 valence electrons. The van der Waals surface area contributed by atoms with Crippen LogP contribution in [0.4, 0.5) is 24.8 Å². The Labute approximate surface area is 129 Å². The summed E-state index contributed by atoms with van der Waals surface area (Å²) in [6.07, 6.45) is -1.34. The van der Waals surface area contributed by atoms with Gasteiger partial charge in [-0.25, -0.2) is 9.97 Å². The number of aldehydes is 1. The van der Waals surface area contributed by atoms with Crippen molar-refractivity contribution in [3.8, 4) is 11.5 Å². The normalized spacial score (nSPS) is 11.0. The van der Waals surface area contributed by atoms with Gasteiger partial charge in [0, 0.05) is 12.7 Å². The number of carbonyl (C=O) groups is 1. The molecule has 0 saturated heterocycles. The molecule has 0 bridgehead atoms. The quantitative estimate of drug-likeness (QED) is 0.760. The van der Waals surface area contributed by atoms with E-state index in [4.69, 9.17) is 4.74 Å². The van der Waals surface area contributed by atoms with Gasteiger partial charge in [0.05, 0.1) is 12.4 Å². The number of hydrogen-bond donors (Lipinski definition) is 0. The first-order valence-electron chi connectivity index (χ1n) is 6.37. The number of nitrogens with zero attached hydrogens (tertiary/aromatic N) is 3. The van der Waals surface area contributed by atoms with Crippen molar-refractivity contribution < 1.29 is 27.4 Å². The predicted molar refractivity (Wildman–Crippen MR) is 74.8 cm³/mol. The predicted octanol–water partition coefficient (Wildman–Crippen LogP) is 2.72. The molecule has 6 nitrogen and oxygen atoms in total. The number of ether oxygens (including phenoxy) is 2. The van der Waals surface area contributed by atoms with Crippen LogP contribution < -0.4 is 14.4 Å². The van der Waals surface area contributed by atoms with Gasteiger partial charge < -0.3 is 14.4 Å². The van der Waals surface area contributed by atoms with E-state index in [0.29, 0.717) is 23.7 Å². The third kappa shape index (κ3) is 4.83. The van der Waals surface area contributed by atoms with E-state index >= 15 is 0 Å². The molecule has 9 heteroatoms. The van der Waals surface area contributed by atoms with Crippen LogP contribution in [0.2, 0.25) is 0 Å². The SMILES string of the molecule is CN(c1ccc(OC(F)(F)F)cc1)c1ncc(OCC=O)cn1. The Balaban J connectivity index is 2.07. The second-order valence-electron chi connectivity index (χ2n) is 4.30. The summed E-state index contributed by atoms with van der Waals surface area (Å²) in [5.74, 6) is 0.337. The highest BCUT2D eigenvalue weighted by Crippen LogP contribution is 2.27. The van der Waals surface area contributed by atoms with Gasteiger partial charge >= 0.3 is 6.36 Å². The van der Waals surface area contributed by atoms with Crippen LogP contribution in [-0.4, -0.2) is 36.3 Å². The van der Waals surface area contributed by atoms with Crippen LogP contribution in [0.5, 0.6) is 11.5 Å². The molecule has 0 N–H and O–H groups in total. The molecule has 0 spiro atoms. The van der Waals surface area contributed by atoms with Crippen molar-refractivity contribution in [1.29, 1.82) is 0 Å². The highest BCUT2D eigenvalue weighted by molar-refractivity contribution is 5.57. The van der Waals surface area contributed by atoms with Crippen LogP contribution in [0.15, 0.2) is 36.7 Å². The minimum Gasteiger partial charge on any atom is -0.483 e. The molecule has 0 fully saturated rings. The van der Waals surface area contributed by atoms with Crippen molar-refractivity contribution in [2.75, 3.05) is 18.6 Å². The maximum absolute atomic E-state index is 12.1. The number of rotatable bonds is 6. The van der Waals surface area contributed by atoms with Crippen LogP contribution >= 0.6 is 0 Å². The number of halogens is 3. The molecule has 1 aromatic carbocycles. The van der Waals surface area contributed by atoms with Gasteiger partial charge in [-0.2, -0.15) is 0 Å². The average Bonchev–Trinajstić information content (AvgIpc) is 2.52. The van der Waals surface area contributed by atoms with Crippen LogP contribution in [0, 0.1) is 0 Å². The number of benzene rings is 1. The molecule has 0 atom stereocenters. The molecule has 1 aromatic heterocycles. The van der Waals surface area contributed by atoms with Gasteiger partial charge in [0.15, 0.2) is 12.0 Å². The topological polar surface area (TPSA) is 64.6 Å². The Kier molecular flexibility index (Phi) is 4.99. The number of carbonyl (C=O) groups excluding carboxylic acids is 1. The van der Waals surface area contributed by atoms with E-state index in [1.54, 1.807) is 11.9 Å². The molecule has 0 unspecified atom stereocenters. The molecule has 0 radical (unpaired) electrons. The van der Waals surface area contributed by atoms with Crippen LogP contribution in [-0.2, 0) is 4.79 Å². The van der Waals surface area contributed by atoms with Crippen LogP contribution in [0.25, 0.3) is 0 Å². The third-order valence-electron chi connectivity index (χ3n) is 2.69. The number of aromatic nitrogens is 2. The highest BCUT2D eigenvalue weighted by Gasteiger charge is 2.31. The molecular formula is C14H12F3N3O3. The van der Waals surface area contributed by atoms with Crippen molar-refractivity contribution in [1.82, 2.24) is 9.97 Å². The summed E-state index contributed by atoms with van der Waals surface area (Å²) in [4.78, 5) is 19.9. The lowest BCUT2D eigenvalue weighted by Gasteiger charge is -2.17. The van der Waals surface area contributed by atoms with Crippen LogP contribution in [0.3, 0.4) is 0 Å². The van der Waals surface area contributed by atoms with Crippen molar-refractivity contribution in [3.05, 3.63) is 36.7 Å². The van der Waals surface area contributed by atoms with E-state index in [1.807, 2.05) is 0 Å². The molecule has 1 heterocycles. The van der Waals surface area contributed by atoms with E-state index in [-0.39, 0.29) is 12.4 Å². The Morgan fingerprint density at radius 1 is 1.13 bits per heavy atom. The first kappa shape index (κ1) is 16.5. The summed E-state index contributed by atoms with van der Waals surface area (Å²) in [5.41, 5.74) is 0.570. The van der Waals surface area contributed by atoms with Gasteiger partial charge in [-0.05, 0) is 24.3 Å². The summed E-state index contributed by atoms with van der Waals surface area (Å²) in [6.45, 7) is -0.0980. The smallest absolute Gasteiger partial charge is 0.483 e. The summed E-state index contributed by atoms with van der Waals surface area (Å²) in [5, 5.41) is 0. The first-order chi connectivity index (χ1) is 10.9. The van der Waals surface area contributed by atoms with Crippen LogP contribution in [0.1, 0.15) is 0 Å². The van der Waals surface area contributed by atoms with Gasteiger partial charge in [0.1, 0.15) is 12.4 Å². The summed E-state index contributed by atoms with van der Waals surface area (Å²) in [6, 6.07) is 5.28. The van der Waals surface area contributed by atoms with Gasteiger partial charge in [-0.15, -0.1) is 13.2 Å². The van der Waals surface area contributed by atoms with E-state index in [9.17, 15) is 18.0 Å². The fourth-order valence-corrected chi connectivity index (χ4v) is 1.67. The van der Waals surface area contributed by atoms with Crippen molar-refractivity contribution in [2.24, 2.45) is 0 Å². The zero-order valence-corrected chi connectivity index (χ0v) is 11.9. The zero-order chi connectivity index (χ0) is 16.9. The fraction of sp³-hybridized carbons (Fsp3) is 0.214. The number of alkyl halides is 3. The van der Waals surface area contributed by atoms with Crippen molar-refractivity contribution in [3.63, 3.8) is 0 Å². The number of hydrogen-bond acceptors (Lipinski definition) is 6. The minimum absolute atomic E-state index is 0.0980. The Morgan fingerprint density at radius 2 is 1.74 bits per heavy atom. The molecule has 2 aromatic rings. The largest absolute Gasteiger partial charge is 0.573 e. The third-order valence-corrected chi connectivity index (χ3v) is 2.69. The summed E-state index contributed by atoms with van der Waals surface area (Å²) < 4.78 is 45.1. The Morgan fingerprint density at radius 3 is 2.26 bits per heavy atom. The van der Waals surface area contributed by atoms with E-state index in [0.717, 1.165) is 0 Å². The molecule has 0 saturated carbocycles. The van der Waals surface area contributed by atoms with E-state index in [2.05, 4.69) is 14.7 Å². The molecular weight excluding hydrogens is 315 g/mol. The molecule has 23 heavy (non-hydrogen) atoms. The first-order valence-corrected chi connectivity index (χ1v) is 6.37. The van der Waals surface area contributed by atoms with Gasteiger partial charge in [0.2, 0.25) is 5.95 Å². The van der Waals surface area contributed by atoms with Gasteiger partial charge in [0.25, 0.3) is 0 Å². The average molecular weight is 327 g/mol. The van der Waals surface area contributed by atoms with Crippen molar-refractivity contribution in [2.45, 2.75) is 6.36 Å². The Bertz CT molecular complexity index is 645. The summed E-state index contributed by atoms with van der Waals surface area (Å²) in [7, 11) is 1.65. The lowest BCUT2D eigenvalue weighted by atomic mass is 10.3. The maximum atomic E-state index is 12.1. The lowest BCUT2D eigenvalue weighted by molar-refractivity contribution is -0.274. The number of anilines is 2. The maximum Gasteiger partial charge on any atom is 0.573 e. The molecule has 0 amide bonds. The zero-order valence-electron chi connectivity index (χ0n) is 11.9. The second kappa shape index (κ2) is 6.95. The standard InChI is InChI=1S/C14H12F3N3O3/c1-20(13-18-8-12(9-19-13)22-7-6-21)10-2-4-11(5-3-10)23-14(15,16)17/h2-6,8-9H,7H2,1H3. The van der Waals surface area contributed by atoms with Gasteiger partial charge in [-0.1, -0.05) is 0 Å².